The fraction of sp³-hybridized carbons (Fsp3) is 0.0588. The van der Waals surface area contributed by atoms with Crippen LogP contribution in [0.2, 0.25) is 0 Å². The topological polar surface area (TPSA) is 73.4 Å². The van der Waals surface area contributed by atoms with Gasteiger partial charge in [-0.2, -0.15) is 0 Å². The molecule has 0 bridgehead atoms. The standard InChI is InChI=1S/C17H14N2O3/c1-11(20)19(12-6-3-2-4-7-12)16-9-5-8-14-13(16)10-15(18-14)17(21)22/h2-10,18H,1H3,(H,21,22). The highest BCUT2D eigenvalue weighted by molar-refractivity contribution is 6.08. The van der Waals surface area contributed by atoms with E-state index >= 15 is 0 Å². The largest absolute Gasteiger partial charge is 0.477 e. The van der Waals surface area contributed by atoms with Gasteiger partial charge >= 0.3 is 5.97 Å². The average molecular weight is 294 g/mol. The fourth-order valence-electron chi connectivity index (χ4n) is 2.52. The second-order valence-corrected chi connectivity index (χ2v) is 4.92. The van der Waals surface area contributed by atoms with Crippen LogP contribution in [-0.2, 0) is 4.79 Å². The Morgan fingerprint density at radius 3 is 2.41 bits per heavy atom. The molecule has 0 spiro atoms. The Balaban J connectivity index is 2.22. The van der Waals surface area contributed by atoms with Crippen molar-refractivity contribution in [2.24, 2.45) is 0 Å². The predicted octanol–water partition coefficient (Wildman–Crippen LogP) is 3.55. The van der Waals surface area contributed by atoms with E-state index in [1.54, 1.807) is 29.2 Å². The molecule has 1 amide bonds. The second kappa shape index (κ2) is 5.37. The highest BCUT2D eigenvalue weighted by Gasteiger charge is 2.18. The summed E-state index contributed by atoms with van der Waals surface area (Å²) in [5.41, 5.74) is 2.16. The molecule has 0 atom stereocenters. The SMILES string of the molecule is CC(=O)N(c1ccccc1)c1cccc2[nH]c(C(=O)O)cc12. The number of amides is 1. The Hall–Kier alpha value is -3.08. The summed E-state index contributed by atoms with van der Waals surface area (Å²) >= 11 is 0. The summed E-state index contributed by atoms with van der Waals surface area (Å²) in [5.74, 6) is -1.17. The first-order valence-corrected chi connectivity index (χ1v) is 6.78. The summed E-state index contributed by atoms with van der Waals surface area (Å²) in [5, 5.41) is 9.82. The van der Waals surface area contributed by atoms with Crippen molar-refractivity contribution >= 4 is 34.2 Å². The van der Waals surface area contributed by atoms with E-state index in [2.05, 4.69) is 4.98 Å². The number of hydrogen-bond acceptors (Lipinski definition) is 2. The average Bonchev–Trinajstić information content (AvgIpc) is 2.93. The maximum Gasteiger partial charge on any atom is 0.352 e. The summed E-state index contributed by atoms with van der Waals surface area (Å²) < 4.78 is 0. The monoisotopic (exact) mass is 294 g/mol. The molecular weight excluding hydrogens is 280 g/mol. The van der Waals surface area contributed by atoms with Gasteiger partial charge in [0.1, 0.15) is 5.69 Å². The number of carbonyl (C=O) groups is 2. The third-order valence-electron chi connectivity index (χ3n) is 3.44. The maximum atomic E-state index is 12.1. The fourth-order valence-corrected chi connectivity index (χ4v) is 2.52. The summed E-state index contributed by atoms with van der Waals surface area (Å²) in [6.45, 7) is 1.48. The van der Waals surface area contributed by atoms with Crippen molar-refractivity contribution in [2.45, 2.75) is 6.92 Å². The van der Waals surface area contributed by atoms with E-state index in [9.17, 15) is 9.59 Å². The minimum atomic E-state index is -1.03. The van der Waals surface area contributed by atoms with E-state index < -0.39 is 5.97 Å². The Morgan fingerprint density at radius 2 is 1.77 bits per heavy atom. The highest BCUT2D eigenvalue weighted by Crippen LogP contribution is 2.32. The van der Waals surface area contributed by atoms with Crippen LogP contribution in [-0.4, -0.2) is 22.0 Å². The molecule has 5 heteroatoms. The summed E-state index contributed by atoms with van der Waals surface area (Å²) in [6.07, 6.45) is 0. The molecule has 0 saturated heterocycles. The zero-order chi connectivity index (χ0) is 15.7. The smallest absolute Gasteiger partial charge is 0.352 e. The van der Waals surface area contributed by atoms with E-state index in [1.807, 2.05) is 30.3 Å². The number of anilines is 2. The number of para-hydroxylation sites is 1. The van der Waals surface area contributed by atoms with Crippen molar-refractivity contribution in [1.82, 2.24) is 4.98 Å². The molecule has 0 aliphatic rings. The lowest BCUT2D eigenvalue weighted by Gasteiger charge is -2.22. The maximum absolute atomic E-state index is 12.1. The molecule has 0 aliphatic heterocycles. The minimum absolute atomic E-state index is 0.0963. The van der Waals surface area contributed by atoms with Crippen LogP contribution in [0.1, 0.15) is 17.4 Å². The molecule has 0 saturated carbocycles. The number of fused-ring (bicyclic) bond motifs is 1. The van der Waals surface area contributed by atoms with Crippen LogP contribution in [0.4, 0.5) is 11.4 Å². The van der Waals surface area contributed by atoms with Crippen LogP contribution in [0, 0.1) is 0 Å². The summed E-state index contributed by atoms with van der Waals surface area (Å²) in [6, 6.07) is 16.2. The van der Waals surface area contributed by atoms with Crippen LogP contribution in [0.3, 0.4) is 0 Å². The molecule has 3 rings (SSSR count). The number of hydrogen-bond donors (Lipinski definition) is 2. The third kappa shape index (κ3) is 2.33. The van der Waals surface area contributed by atoms with Crippen molar-refractivity contribution in [2.75, 3.05) is 4.90 Å². The first kappa shape index (κ1) is 13.9. The molecule has 0 radical (unpaired) electrons. The van der Waals surface area contributed by atoms with Gasteiger partial charge in [-0.3, -0.25) is 9.69 Å². The van der Waals surface area contributed by atoms with Crippen LogP contribution in [0.5, 0.6) is 0 Å². The number of aromatic carboxylic acids is 1. The third-order valence-corrected chi connectivity index (χ3v) is 3.44. The molecule has 0 unspecified atom stereocenters. The number of benzene rings is 2. The first-order chi connectivity index (χ1) is 10.6. The number of aromatic amines is 1. The molecule has 22 heavy (non-hydrogen) atoms. The highest BCUT2D eigenvalue weighted by atomic mass is 16.4. The van der Waals surface area contributed by atoms with Crippen LogP contribution >= 0.6 is 0 Å². The van der Waals surface area contributed by atoms with Gasteiger partial charge in [-0.15, -0.1) is 0 Å². The van der Waals surface area contributed by atoms with Gasteiger partial charge in [0.15, 0.2) is 0 Å². The van der Waals surface area contributed by atoms with E-state index in [1.165, 1.54) is 6.92 Å². The van der Waals surface area contributed by atoms with Crippen LogP contribution in [0.15, 0.2) is 54.6 Å². The van der Waals surface area contributed by atoms with Gasteiger partial charge in [-0.1, -0.05) is 24.3 Å². The second-order valence-electron chi connectivity index (χ2n) is 4.92. The Morgan fingerprint density at radius 1 is 1.05 bits per heavy atom. The minimum Gasteiger partial charge on any atom is -0.477 e. The van der Waals surface area contributed by atoms with E-state index in [-0.39, 0.29) is 11.6 Å². The Kier molecular flexibility index (Phi) is 3.39. The van der Waals surface area contributed by atoms with Gasteiger partial charge in [-0.05, 0) is 30.3 Å². The molecule has 3 aromatic rings. The molecule has 0 aliphatic carbocycles. The van der Waals surface area contributed by atoms with Crippen molar-refractivity contribution in [3.05, 3.63) is 60.3 Å². The summed E-state index contributed by atoms with van der Waals surface area (Å²) in [4.78, 5) is 27.7. The van der Waals surface area contributed by atoms with Crippen LogP contribution in [0.25, 0.3) is 10.9 Å². The predicted molar refractivity (Wildman–Crippen MR) is 84.5 cm³/mol. The van der Waals surface area contributed by atoms with Crippen molar-refractivity contribution in [3.8, 4) is 0 Å². The lowest BCUT2D eigenvalue weighted by molar-refractivity contribution is -0.115. The number of carboxylic acid groups (broad SMARTS) is 1. The molecule has 1 aromatic heterocycles. The number of rotatable bonds is 3. The van der Waals surface area contributed by atoms with Crippen molar-refractivity contribution < 1.29 is 14.7 Å². The molecule has 2 N–H and O–H groups in total. The normalized spacial score (nSPS) is 10.6. The molecular formula is C17H14N2O3. The number of aromatic nitrogens is 1. The molecule has 0 fully saturated rings. The number of H-pyrrole nitrogens is 1. The van der Waals surface area contributed by atoms with Crippen molar-refractivity contribution in [1.29, 1.82) is 0 Å². The van der Waals surface area contributed by atoms with Gasteiger partial charge in [0, 0.05) is 23.5 Å². The lowest BCUT2D eigenvalue weighted by Crippen LogP contribution is -2.22. The number of nitrogens with one attached hydrogen (secondary N) is 1. The van der Waals surface area contributed by atoms with E-state index in [0.29, 0.717) is 16.6 Å². The molecule has 5 nitrogen and oxygen atoms in total. The van der Waals surface area contributed by atoms with E-state index in [0.717, 1.165) is 5.69 Å². The van der Waals surface area contributed by atoms with Gasteiger partial charge in [0.25, 0.3) is 0 Å². The Labute approximate surface area is 126 Å². The molecule has 2 aromatic carbocycles. The first-order valence-electron chi connectivity index (χ1n) is 6.78. The van der Waals surface area contributed by atoms with Crippen LogP contribution < -0.4 is 4.90 Å². The zero-order valence-corrected chi connectivity index (χ0v) is 11.9. The molecule has 1 heterocycles. The van der Waals surface area contributed by atoms with Gasteiger partial charge < -0.3 is 10.1 Å². The zero-order valence-electron chi connectivity index (χ0n) is 11.9. The summed E-state index contributed by atoms with van der Waals surface area (Å²) in [7, 11) is 0. The van der Waals surface area contributed by atoms with E-state index in [4.69, 9.17) is 5.11 Å². The number of carboxylic acids is 1. The number of nitrogens with zero attached hydrogens (tertiary/aromatic N) is 1. The van der Waals surface area contributed by atoms with Gasteiger partial charge in [-0.25, -0.2) is 4.79 Å². The van der Waals surface area contributed by atoms with Crippen molar-refractivity contribution in [3.63, 3.8) is 0 Å². The number of carbonyl (C=O) groups excluding carboxylic acids is 1. The van der Waals surface area contributed by atoms with Gasteiger partial charge in [0.2, 0.25) is 5.91 Å². The molecule has 110 valence electrons. The van der Waals surface area contributed by atoms with Gasteiger partial charge in [0.05, 0.1) is 5.69 Å². The Bertz CT molecular complexity index is 853. The lowest BCUT2D eigenvalue weighted by atomic mass is 10.1. The quantitative estimate of drug-likeness (QED) is 0.775.